The number of hydrogen-bond donors (Lipinski definition) is 0. The van der Waals surface area contributed by atoms with E-state index in [0.29, 0.717) is 38.6 Å². The number of amides is 2. The second-order valence-electron chi connectivity index (χ2n) is 8.07. The number of piperidine rings is 2. The molecule has 2 saturated heterocycles. The lowest BCUT2D eigenvalue weighted by Crippen LogP contribution is -2.55. The highest BCUT2D eigenvalue weighted by atomic mass is 16.6. The van der Waals surface area contributed by atoms with Crippen LogP contribution in [0.4, 0.5) is 4.79 Å². The van der Waals surface area contributed by atoms with Crippen LogP contribution in [-0.4, -0.2) is 53.0 Å². The van der Waals surface area contributed by atoms with Crippen LogP contribution in [0.1, 0.15) is 45.2 Å². The van der Waals surface area contributed by atoms with Crippen LogP contribution >= 0.6 is 0 Å². The van der Waals surface area contributed by atoms with E-state index < -0.39 is 0 Å². The molecule has 0 N–H and O–H groups in total. The predicted molar refractivity (Wildman–Crippen MR) is 98.3 cm³/mol. The molecule has 1 unspecified atom stereocenters. The van der Waals surface area contributed by atoms with Gasteiger partial charge in [0.05, 0.1) is 18.8 Å². The summed E-state index contributed by atoms with van der Waals surface area (Å²) in [6, 6.07) is 5.77. The number of aromatic nitrogens is 1. The lowest BCUT2D eigenvalue weighted by atomic mass is 9.73. The first-order chi connectivity index (χ1) is 12.5. The molecule has 2 aliphatic rings. The maximum atomic E-state index is 12.4. The number of hydrogen-bond acceptors (Lipinski definition) is 4. The molecule has 1 atom stereocenters. The summed E-state index contributed by atoms with van der Waals surface area (Å²) in [4.78, 5) is 32.9. The Balaban J connectivity index is 1.64. The van der Waals surface area contributed by atoms with Gasteiger partial charge in [-0.3, -0.25) is 9.78 Å². The van der Waals surface area contributed by atoms with Gasteiger partial charge in [0.2, 0.25) is 5.91 Å². The molecular weight excluding hydrogens is 330 g/mol. The fourth-order valence-corrected chi connectivity index (χ4v) is 3.96. The molecule has 6 nitrogen and oxygen atoms in total. The van der Waals surface area contributed by atoms with Crippen LogP contribution in [0, 0.1) is 11.3 Å². The minimum atomic E-state index is -0.217. The number of nitrogens with zero attached hydrogens (tertiary/aromatic N) is 3. The van der Waals surface area contributed by atoms with Gasteiger partial charge in [-0.1, -0.05) is 19.9 Å². The standard InChI is InChI=1S/C20H29N3O3/c1-16(2)13-26-19(25)22-11-5-8-20(14-22)9-7-18(24)23(15-20)12-17-6-3-4-10-21-17/h3-4,6,10,16H,5,7-9,11-15H2,1-2H3. The van der Waals surface area contributed by atoms with Gasteiger partial charge in [-0.05, 0) is 37.3 Å². The highest BCUT2D eigenvalue weighted by Crippen LogP contribution is 2.39. The van der Waals surface area contributed by atoms with Gasteiger partial charge in [-0.15, -0.1) is 0 Å². The average molecular weight is 359 g/mol. The summed E-state index contributed by atoms with van der Waals surface area (Å²) in [7, 11) is 0. The lowest BCUT2D eigenvalue weighted by Gasteiger charge is -2.47. The summed E-state index contributed by atoms with van der Waals surface area (Å²) in [6.45, 7) is 7.17. The van der Waals surface area contributed by atoms with E-state index in [-0.39, 0.29) is 17.4 Å². The Labute approximate surface area is 155 Å². The summed E-state index contributed by atoms with van der Waals surface area (Å²) < 4.78 is 5.42. The van der Waals surface area contributed by atoms with Crippen molar-refractivity contribution in [1.82, 2.24) is 14.8 Å². The van der Waals surface area contributed by atoms with E-state index in [1.807, 2.05) is 41.8 Å². The largest absolute Gasteiger partial charge is 0.449 e. The van der Waals surface area contributed by atoms with E-state index in [0.717, 1.165) is 31.5 Å². The van der Waals surface area contributed by atoms with E-state index in [1.165, 1.54) is 0 Å². The van der Waals surface area contributed by atoms with Crippen molar-refractivity contribution in [1.29, 1.82) is 0 Å². The highest BCUT2D eigenvalue weighted by molar-refractivity contribution is 5.77. The maximum absolute atomic E-state index is 12.4. The van der Waals surface area contributed by atoms with Crippen molar-refractivity contribution in [2.75, 3.05) is 26.2 Å². The molecule has 3 heterocycles. The van der Waals surface area contributed by atoms with Crippen molar-refractivity contribution in [2.45, 2.75) is 46.1 Å². The molecule has 3 rings (SSSR count). The molecule has 2 fully saturated rings. The summed E-state index contributed by atoms with van der Waals surface area (Å²) in [5, 5.41) is 0. The third-order valence-corrected chi connectivity index (χ3v) is 5.29. The van der Waals surface area contributed by atoms with Crippen LogP contribution in [0.3, 0.4) is 0 Å². The normalized spacial score (nSPS) is 23.6. The summed E-state index contributed by atoms with van der Waals surface area (Å²) in [6.07, 6.45) is 4.94. The first kappa shape index (κ1) is 18.7. The van der Waals surface area contributed by atoms with Gasteiger partial charge in [0, 0.05) is 37.7 Å². The lowest BCUT2D eigenvalue weighted by molar-refractivity contribution is -0.140. The predicted octanol–water partition coefficient (Wildman–Crippen LogP) is 3.08. The molecule has 26 heavy (non-hydrogen) atoms. The summed E-state index contributed by atoms with van der Waals surface area (Å²) >= 11 is 0. The summed E-state index contributed by atoms with van der Waals surface area (Å²) in [5.41, 5.74) is 0.888. The molecule has 0 saturated carbocycles. The van der Waals surface area contributed by atoms with Gasteiger partial charge >= 0.3 is 6.09 Å². The number of carbonyl (C=O) groups excluding carboxylic acids is 2. The zero-order valence-electron chi connectivity index (χ0n) is 15.8. The average Bonchev–Trinajstić information content (AvgIpc) is 2.64. The molecule has 0 aromatic carbocycles. The van der Waals surface area contributed by atoms with Gasteiger partial charge in [0.15, 0.2) is 0 Å². The zero-order chi connectivity index (χ0) is 18.6. The van der Waals surface area contributed by atoms with Gasteiger partial charge in [0.1, 0.15) is 0 Å². The maximum Gasteiger partial charge on any atom is 0.409 e. The van der Waals surface area contributed by atoms with Gasteiger partial charge in [-0.2, -0.15) is 0 Å². The van der Waals surface area contributed by atoms with Crippen molar-refractivity contribution >= 4 is 12.0 Å². The second kappa shape index (κ2) is 8.06. The Hall–Kier alpha value is -2.11. The van der Waals surface area contributed by atoms with Crippen LogP contribution in [0.15, 0.2) is 24.4 Å². The minimum absolute atomic E-state index is 0.0161. The minimum Gasteiger partial charge on any atom is -0.449 e. The van der Waals surface area contributed by atoms with E-state index in [4.69, 9.17) is 4.74 Å². The number of carbonyl (C=O) groups is 2. The fraction of sp³-hybridized carbons (Fsp3) is 0.650. The monoisotopic (exact) mass is 359 g/mol. The van der Waals surface area contributed by atoms with Crippen molar-refractivity contribution in [3.63, 3.8) is 0 Å². The fourth-order valence-electron chi connectivity index (χ4n) is 3.96. The van der Waals surface area contributed by atoms with Crippen LogP contribution in [-0.2, 0) is 16.1 Å². The molecule has 1 spiro atoms. The van der Waals surface area contributed by atoms with E-state index in [2.05, 4.69) is 4.98 Å². The Morgan fingerprint density at radius 2 is 2.15 bits per heavy atom. The van der Waals surface area contributed by atoms with E-state index in [1.54, 1.807) is 6.20 Å². The number of ether oxygens (including phenoxy) is 1. The molecular formula is C20H29N3O3. The topological polar surface area (TPSA) is 62.7 Å². The SMILES string of the molecule is CC(C)COC(=O)N1CCCC2(CCC(=O)N(Cc3ccccn3)C2)C1. The van der Waals surface area contributed by atoms with Crippen molar-refractivity contribution in [2.24, 2.45) is 11.3 Å². The van der Waals surface area contributed by atoms with Crippen molar-refractivity contribution < 1.29 is 14.3 Å². The molecule has 0 radical (unpaired) electrons. The van der Waals surface area contributed by atoms with Crippen molar-refractivity contribution in [3.05, 3.63) is 30.1 Å². The zero-order valence-corrected chi connectivity index (χ0v) is 15.8. The van der Waals surface area contributed by atoms with Crippen LogP contribution in [0.5, 0.6) is 0 Å². The molecule has 2 amide bonds. The Kier molecular flexibility index (Phi) is 5.79. The molecule has 0 bridgehead atoms. The third kappa shape index (κ3) is 4.54. The molecule has 1 aromatic heterocycles. The number of pyridine rings is 1. The Morgan fingerprint density at radius 1 is 1.31 bits per heavy atom. The van der Waals surface area contributed by atoms with Gasteiger partial charge in [0.25, 0.3) is 0 Å². The van der Waals surface area contributed by atoms with Crippen molar-refractivity contribution in [3.8, 4) is 0 Å². The van der Waals surface area contributed by atoms with Gasteiger partial charge in [-0.25, -0.2) is 4.79 Å². The molecule has 6 heteroatoms. The van der Waals surface area contributed by atoms with Gasteiger partial charge < -0.3 is 14.5 Å². The third-order valence-electron chi connectivity index (χ3n) is 5.29. The first-order valence-corrected chi connectivity index (χ1v) is 9.57. The molecule has 142 valence electrons. The molecule has 2 aliphatic heterocycles. The molecule has 1 aromatic rings. The van der Waals surface area contributed by atoms with E-state index >= 15 is 0 Å². The smallest absolute Gasteiger partial charge is 0.409 e. The summed E-state index contributed by atoms with van der Waals surface area (Å²) in [5.74, 6) is 0.514. The quantitative estimate of drug-likeness (QED) is 0.829. The first-order valence-electron chi connectivity index (χ1n) is 9.57. The van der Waals surface area contributed by atoms with Crippen LogP contribution < -0.4 is 0 Å². The Bertz CT molecular complexity index is 634. The molecule has 0 aliphatic carbocycles. The Morgan fingerprint density at radius 3 is 2.88 bits per heavy atom. The number of likely N-dealkylation sites (tertiary alicyclic amines) is 2. The van der Waals surface area contributed by atoms with E-state index in [9.17, 15) is 9.59 Å². The highest BCUT2D eigenvalue weighted by Gasteiger charge is 2.43. The van der Waals surface area contributed by atoms with Crippen LogP contribution in [0.25, 0.3) is 0 Å². The van der Waals surface area contributed by atoms with Crippen LogP contribution in [0.2, 0.25) is 0 Å². The number of rotatable bonds is 4. The second-order valence-corrected chi connectivity index (χ2v) is 8.07.